The number of benzene rings is 2. The molecule has 1 aromatic heterocycles. The summed E-state index contributed by atoms with van der Waals surface area (Å²) < 4.78 is 0. The van der Waals surface area contributed by atoms with Crippen LogP contribution in [0.25, 0.3) is 0 Å². The summed E-state index contributed by atoms with van der Waals surface area (Å²) in [7, 11) is 0. The van der Waals surface area contributed by atoms with E-state index in [-0.39, 0.29) is 5.91 Å². The number of carbonyl (C=O) groups excluding carboxylic acids is 1. The number of nitrogens with zero attached hydrogens (tertiary/aromatic N) is 2. The average molecular weight is 403 g/mol. The van der Waals surface area contributed by atoms with Crippen molar-refractivity contribution in [1.82, 2.24) is 9.80 Å². The maximum absolute atomic E-state index is 12.7. The Kier molecular flexibility index (Phi) is 5.21. The van der Waals surface area contributed by atoms with E-state index in [1.807, 2.05) is 22.4 Å². The van der Waals surface area contributed by atoms with Gasteiger partial charge >= 0.3 is 0 Å². The highest BCUT2D eigenvalue weighted by Gasteiger charge is 2.35. The normalized spacial score (nSPS) is 20.4. The van der Waals surface area contributed by atoms with Gasteiger partial charge in [-0.05, 0) is 47.4 Å². The smallest absolute Gasteiger partial charge is 0.263 e. The van der Waals surface area contributed by atoms with Gasteiger partial charge in [-0.2, -0.15) is 0 Å². The topological polar surface area (TPSA) is 23.6 Å². The number of piperidine rings is 1. The number of likely N-dealkylation sites (tertiary alicyclic amines) is 1. The zero-order valence-electron chi connectivity index (χ0n) is 16.5. The first-order chi connectivity index (χ1) is 14.3. The third kappa shape index (κ3) is 3.63. The highest BCUT2D eigenvalue weighted by molar-refractivity contribution is 7.12. The molecule has 0 spiro atoms. The predicted molar refractivity (Wildman–Crippen MR) is 118 cm³/mol. The number of fused-ring (bicyclic) bond motifs is 1. The first kappa shape index (κ1) is 18.6. The fourth-order valence-electron chi connectivity index (χ4n) is 4.94. The lowest BCUT2D eigenvalue weighted by atomic mass is 9.86. The van der Waals surface area contributed by atoms with Crippen molar-refractivity contribution < 1.29 is 4.79 Å². The molecule has 2 aliphatic heterocycles. The van der Waals surface area contributed by atoms with Gasteiger partial charge in [-0.3, -0.25) is 9.69 Å². The van der Waals surface area contributed by atoms with Crippen molar-refractivity contribution in [1.29, 1.82) is 0 Å². The summed E-state index contributed by atoms with van der Waals surface area (Å²) in [5, 5.41) is 1.98. The molecule has 1 amide bonds. The van der Waals surface area contributed by atoms with Crippen molar-refractivity contribution in [3.63, 3.8) is 0 Å². The minimum atomic E-state index is 0.196. The summed E-state index contributed by atoms with van der Waals surface area (Å²) in [5.41, 5.74) is 4.29. The molecule has 29 heavy (non-hydrogen) atoms. The molecule has 0 aliphatic carbocycles. The van der Waals surface area contributed by atoms with Gasteiger partial charge in [0.05, 0.1) is 10.9 Å². The molecule has 2 aromatic carbocycles. The Morgan fingerprint density at radius 1 is 0.862 bits per heavy atom. The predicted octanol–water partition coefficient (Wildman–Crippen LogP) is 5.00. The largest absolute Gasteiger partial charge is 0.338 e. The fourth-order valence-corrected chi connectivity index (χ4v) is 5.63. The van der Waals surface area contributed by atoms with Gasteiger partial charge in [-0.1, -0.05) is 60.7 Å². The van der Waals surface area contributed by atoms with Gasteiger partial charge < -0.3 is 4.90 Å². The second-order valence-electron chi connectivity index (χ2n) is 8.00. The van der Waals surface area contributed by atoms with E-state index in [1.165, 1.54) is 16.7 Å². The molecular formula is C25H26N2OS. The van der Waals surface area contributed by atoms with Gasteiger partial charge in [0, 0.05) is 25.7 Å². The molecule has 1 unspecified atom stereocenters. The van der Waals surface area contributed by atoms with Crippen molar-refractivity contribution in [3.05, 3.63) is 93.7 Å². The molecule has 4 heteroatoms. The molecule has 3 heterocycles. The Morgan fingerprint density at radius 3 is 2.38 bits per heavy atom. The van der Waals surface area contributed by atoms with Crippen molar-refractivity contribution in [2.75, 3.05) is 19.6 Å². The van der Waals surface area contributed by atoms with E-state index < -0.39 is 0 Å². The van der Waals surface area contributed by atoms with E-state index in [4.69, 9.17) is 0 Å². The number of amides is 1. The van der Waals surface area contributed by atoms with Crippen LogP contribution < -0.4 is 0 Å². The lowest BCUT2D eigenvalue weighted by Crippen LogP contribution is -2.49. The van der Waals surface area contributed by atoms with Crippen molar-refractivity contribution in [3.8, 4) is 0 Å². The van der Waals surface area contributed by atoms with Crippen LogP contribution in [0.15, 0.2) is 72.1 Å². The molecule has 3 aromatic rings. The fraction of sp³-hybridized carbons (Fsp3) is 0.320. The lowest BCUT2D eigenvalue weighted by Gasteiger charge is -2.45. The number of carbonyl (C=O) groups is 1. The van der Waals surface area contributed by atoms with Gasteiger partial charge in [0.1, 0.15) is 0 Å². The van der Waals surface area contributed by atoms with Gasteiger partial charge in [-0.15, -0.1) is 11.3 Å². The van der Waals surface area contributed by atoms with Crippen LogP contribution >= 0.6 is 11.3 Å². The van der Waals surface area contributed by atoms with Crippen molar-refractivity contribution in [2.45, 2.75) is 31.3 Å². The van der Waals surface area contributed by atoms with E-state index in [1.54, 1.807) is 11.3 Å². The Hall–Kier alpha value is -2.43. The maximum atomic E-state index is 12.7. The Labute approximate surface area is 176 Å². The second-order valence-corrected chi connectivity index (χ2v) is 8.95. The van der Waals surface area contributed by atoms with E-state index in [2.05, 4.69) is 59.5 Å². The summed E-state index contributed by atoms with van der Waals surface area (Å²) in [5.74, 6) is 0.196. The van der Waals surface area contributed by atoms with Crippen LogP contribution in [0.2, 0.25) is 0 Å². The molecule has 0 saturated carbocycles. The molecule has 0 bridgehead atoms. The van der Waals surface area contributed by atoms with Gasteiger partial charge in [-0.25, -0.2) is 0 Å². The molecule has 5 rings (SSSR count). The maximum Gasteiger partial charge on any atom is 0.263 e. The molecule has 148 valence electrons. The minimum Gasteiger partial charge on any atom is -0.338 e. The Morgan fingerprint density at radius 2 is 1.62 bits per heavy atom. The van der Waals surface area contributed by atoms with E-state index in [0.717, 1.165) is 43.8 Å². The van der Waals surface area contributed by atoms with Crippen LogP contribution in [0.4, 0.5) is 0 Å². The number of hydrogen-bond donors (Lipinski definition) is 0. The third-order valence-corrected chi connectivity index (χ3v) is 7.25. The number of thiophene rings is 1. The average Bonchev–Trinajstić information content (AvgIpc) is 3.33. The quantitative estimate of drug-likeness (QED) is 0.615. The zero-order valence-corrected chi connectivity index (χ0v) is 17.4. The SMILES string of the molecule is O=C(c1cccs1)N1CCC(N2CCc3ccccc3C2c2ccccc2)CC1. The first-order valence-corrected chi connectivity index (χ1v) is 11.4. The van der Waals surface area contributed by atoms with E-state index >= 15 is 0 Å². The highest BCUT2D eigenvalue weighted by Crippen LogP contribution is 2.38. The van der Waals surface area contributed by atoms with E-state index in [0.29, 0.717) is 12.1 Å². The third-order valence-electron chi connectivity index (χ3n) is 6.39. The number of rotatable bonds is 3. The van der Waals surface area contributed by atoms with Crippen LogP contribution in [0, 0.1) is 0 Å². The molecule has 1 fully saturated rings. The van der Waals surface area contributed by atoms with Gasteiger partial charge in [0.25, 0.3) is 5.91 Å². The molecule has 1 atom stereocenters. The van der Waals surface area contributed by atoms with Crippen LogP contribution in [0.5, 0.6) is 0 Å². The lowest BCUT2D eigenvalue weighted by molar-refractivity contribution is 0.0558. The highest BCUT2D eigenvalue weighted by atomic mass is 32.1. The van der Waals surface area contributed by atoms with Crippen LogP contribution in [-0.2, 0) is 6.42 Å². The van der Waals surface area contributed by atoms with Gasteiger partial charge in [0.2, 0.25) is 0 Å². The number of hydrogen-bond acceptors (Lipinski definition) is 3. The van der Waals surface area contributed by atoms with Crippen LogP contribution in [-0.4, -0.2) is 41.4 Å². The summed E-state index contributed by atoms with van der Waals surface area (Å²) in [6.07, 6.45) is 3.19. The van der Waals surface area contributed by atoms with E-state index in [9.17, 15) is 4.79 Å². The zero-order chi connectivity index (χ0) is 19.6. The molecule has 0 radical (unpaired) electrons. The monoisotopic (exact) mass is 402 g/mol. The van der Waals surface area contributed by atoms with Gasteiger partial charge in [0.15, 0.2) is 0 Å². The second kappa shape index (κ2) is 8.13. The standard InChI is InChI=1S/C25H26N2OS/c28-25(23-11-6-18-29-23)26-15-13-21(14-16-26)27-17-12-19-7-4-5-10-22(19)24(27)20-8-2-1-3-9-20/h1-11,18,21,24H,12-17H2. The Balaban J connectivity index is 1.37. The van der Waals surface area contributed by atoms with Crippen molar-refractivity contribution in [2.24, 2.45) is 0 Å². The molecule has 0 N–H and O–H groups in total. The van der Waals surface area contributed by atoms with Crippen molar-refractivity contribution >= 4 is 17.2 Å². The summed E-state index contributed by atoms with van der Waals surface area (Å²) in [6.45, 7) is 2.78. The minimum absolute atomic E-state index is 0.196. The molecule has 1 saturated heterocycles. The first-order valence-electron chi connectivity index (χ1n) is 10.5. The molecule has 3 nitrogen and oxygen atoms in total. The summed E-state index contributed by atoms with van der Waals surface area (Å²) >= 11 is 1.54. The molecule has 2 aliphatic rings. The van der Waals surface area contributed by atoms with Crippen LogP contribution in [0.3, 0.4) is 0 Å². The molecular weight excluding hydrogens is 376 g/mol. The summed E-state index contributed by atoms with van der Waals surface area (Å²) in [4.78, 5) is 18.3. The summed E-state index contributed by atoms with van der Waals surface area (Å²) in [6, 6.07) is 24.5. The Bertz CT molecular complexity index is 962. The van der Waals surface area contributed by atoms with Crippen LogP contribution in [0.1, 0.15) is 45.2 Å².